The highest BCUT2D eigenvalue weighted by Crippen LogP contribution is 2.43. The molecule has 1 aliphatic rings. The van der Waals surface area contributed by atoms with E-state index in [2.05, 4.69) is 11.4 Å². The van der Waals surface area contributed by atoms with Crippen LogP contribution in [0.15, 0.2) is 54.6 Å². The van der Waals surface area contributed by atoms with E-state index in [0.717, 1.165) is 27.9 Å². The number of carbonyl (C=O) groups excluding carboxylic acids is 2. The number of hydrogen-bond donors (Lipinski definition) is 1. The third kappa shape index (κ3) is 4.94. The third-order valence-electron chi connectivity index (χ3n) is 6.18. The summed E-state index contributed by atoms with van der Waals surface area (Å²) in [6.07, 6.45) is 0.0609. The lowest BCUT2D eigenvalue weighted by Gasteiger charge is -2.29. The van der Waals surface area contributed by atoms with E-state index in [0.29, 0.717) is 29.4 Å². The Kier molecular flexibility index (Phi) is 6.96. The van der Waals surface area contributed by atoms with Gasteiger partial charge in [0, 0.05) is 17.8 Å². The van der Waals surface area contributed by atoms with Crippen molar-refractivity contribution in [1.29, 1.82) is 0 Å². The molecule has 0 aliphatic carbocycles. The van der Waals surface area contributed by atoms with Gasteiger partial charge in [0.2, 0.25) is 11.7 Å². The molecule has 2 amide bonds. The maximum absolute atomic E-state index is 13.4. The highest BCUT2D eigenvalue weighted by Gasteiger charge is 2.35. The fraction of sp³-hybridized carbons (Fsp3) is 0.286. The molecule has 7 heteroatoms. The molecule has 0 radical (unpaired) electrons. The number of amides is 2. The second-order valence-corrected chi connectivity index (χ2v) is 8.69. The first kappa shape index (κ1) is 24.1. The first-order valence-corrected chi connectivity index (χ1v) is 11.4. The van der Waals surface area contributed by atoms with Gasteiger partial charge in [0.15, 0.2) is 11.5 Å². The van der Waals surface area contributed by atoms with Crippen LogP contribution < -0.4 is 19.5 Å². The van der Waals surface area contributed by atoms with Gasteiger partial charge >= 0.3 is 0 Å². The second-order valence-electron chi connectivity index (χ2n) is 8.69. The molecule has 35 heavy (non-hydrogen) atoms. The fourth-order valence-electron chi connectivity index (χ4n) is 4.66. The Morgan fingerprint density at radius 1 is 0.943 bits per heavy atom. The summed E-state index contributed by atoms with van der Waals surface area (Å²) in [4.78, 5) is 28.4. The van der Waals surface area contributed by atoms with Gasteiger partial charge in [0.1, 0.15) is 0 Å². The van der Waals surface area contributed by atoms with Gasteiger partial charge in [-0.1, -0.05) is 24.3 Å². The van der Waals surface area contributed by atoms with Gasteiger partial charge in [-0.05, 0) is 66.4 Å². The zero-order chi connectivity index (χ0) is 25.1. The molecule has 1 N–H and O–H groups in total. The van der Waals surface area contributed by atoms with E-state index in [1.807, 2.05) is 50.2 Å². The number of aryl methyl sites for hydroxylation is 2. The van der Waals surface area contributed by atoms with Gasteiger partial charge in [-0.2, -0.15) is 0 Å². The van der Waals surface area contributed by atoms with Crippen LogP contribution in [0, 0.1) is 13.8 Å². The van der Waals surface area contributed by atoms with Crippen molar-refractivity contribution in [3.8, 4) is 17.2 Å². The van der Waals surface area contributed by atoms with E-state index in [1.165, 1.54) is 7.11 Å². The van der Waals surface area contributed by atoms with E-state index in [9.17, 15) is 9.59 Å². The highest BCUT2D eigenvalue weighted by atomic mass is 16.5. The molecular formula is C28H30N2O5. The number of methoxy groups -OCH3 is 3. The van der Waals surface area contributed by atoms with Crippen LogP contribution in [0.4, 0.5) is 5.69 Å². The molecular weight excluding hydrogens is 444 g/mol. The van der Waals surface area contributed by atoms with Crippen LogP contribution in [-0.4, -0.2) is 38.0 Å². The molecule has 3 aromatic rings. The standard InChI is InChI=1S/C28H30N2O5/c1-17-10-18(2)12-21(11-17)29-26(31)15-23(30-16-19-8-6-7-9-22(19)28(30)32)20-13-24(33-3)27(35-5)25(14-20)34-4/h6-14,23H,15-16H2,1-5H3,(H,29,31)/t23-/m0/s1. The number of benzene rings is 3. The third-order valence-corrected chi connectivity index (χ3v) is 6.18. The summed E-state index contributed by atoms with van der Waals surface area (Å²) in [5.74, 6) is 1.07. The summed E-state index contributed by atoms with van der Waals surface area (Å²) >= 11 is 0. The van der Waals surface area contributed by atoms with Crippen molar-refractivity contribution >= 4 is 17.5 Å². The SMILES string of the molecule is COc1cc([C@H](CC(=O)Nc2cc(C)cc(C)c2)N2Cc3ccccc3C2=O)cc(OC)c1OC. The van der Waals surface area contributed by atoms with Gasteiger partial charge in [0.05, 0.1) is 33.8 Å². The van der Waals surface area contributed by atoms with E-state index in [4.69, 9.17) is 14.2 Å². The van der Waals surface area contributed by atoms with Crippen molar-refractivity contribution < 1.29 is 23.8 Å². The Labute approximate surface area is 205 Å². The Morgan fingerprint density at radius 2 is 1.57 bits per heavy atom. The van der Waals surface area contributed by atoms with Gasteiger partial charge in [-0.15, -0.1) is 0 Å². The fourth-order valence-corrected chi connectivity index (χ4v) is 4.66. The highest BCUT2D eigenvalue weighted by molar-refractivity contribution is 5.99. The topological polar surface area (TPSA) is 77.1 Å². The molecule has 0 aromatic heterocycles. The average Bonchev–Trinajstić information content (AvgIpc) is 3.17. The zero-order valence-electron chi connectivity index (χ0n) is 20.7. The lowest BCUT2D eigenvalue weighted by molar-refractivity contribution is -0.117. The molecule has 1 atom stereocenters. The summed E-state index contributed by atoms with van der Waals surface area (Å²) in [6, 6.07) is 16.5. The molecule has 0 bridgehead atoms. The van der Waals surface area contributed by atoms with Gasteiger partial charge in [0.25, 0.3) is 5.91 Å². The number of nitrogens with zero attached hydrogens (tertiary/aromatic N) is 1. The number of ether oxygens (including phenoxy) is 3. The minimum atomic E-state index is -0.547. The number of fused-ring (bicyclic) bond motifs is 1. The van der Waals surface area contributed by atoms with Gasteiger partial charge in [-0.3, -0.25) is 9.59 Å². The van der Waals surface area contributed by atoms with Crippen LogP contribution in [-0.2, 0) is 11.3 Å². The molecule has 1 aliphatic heterocycles. The Morgan fingerprint density at radius 3 is 2.14 bits per heavy atom. The van der Waals surface area contributed by atoms with Crippen LogP contribution in [0.5, 0.6) is 17.2 Å². The molecule has 7 nitrogen and oxygen atoms in total. The Bertz CT molecular complexity index is 1220. The molecule has 1 heterocycles. The summed E-state index contributed by atoms with van der Waals surface area (Å²) in [5, 5.41) is 3.00. The van der Waals surface area contributed by atoms with E-state index in [1.54, 1.807) is 31.3 Å². The van der Waals surface area contributed by atoms with Crippen LogP contribution >= 0.6 is 0 Å². The zero-order valence-corrected chi connectivity index (χ0v) is 20.7. The molecule has 0 saturated heterocycles. The monoisotopic (exact) mass is 474 g/mol. The predicted octanol–water partition coefficient (Wildman–Crippen LogP) is 5.06. The maximum atomic E-state index is 13.4. The second kappa shape index (κ2) is 10.1. The van der Waals surface area contributed by atoms with Gasteiger partial charge < -0.3 is 24.4 Å². The maximum Gasteiger partial charge on any atom is 0.255 e. The Balaban J connectivity index is 1.72. The number of rotatable bonds is 8. The van der Waals surface area contributed by atoms with Crippen molar-refractivity contribution in [1.82, 2.24) is 4.90 Å². The van der Waals surface area contributed by atoms with Crippen molar-refractivity contribution in [2.75, 3.05) is 26.6 Å². The first-order valence-electron chi connectivity index (χ1n) is 11.4. The van der Waals surface area contributed by atoms with Gasteiger partial charge in [-0.25, -0.2) is 0 Å². The van der Waals surface area contributed by atoms with Crippen molar-refractivity contribution in [3.63, 3.8) is 0 Å². The van der Waals surface area contributed by atoms with E-state index < -0.39 is 6.04 Å². The molecule has 3 aromatic carbocycles. The number of nitrogens with one attached hydrogen (secondary N) is 1. The van der Waals surface area contributed by atoms with Crippen LogP contribution in [0.2, 0.25) is 0 Å². The minimum Gasteiger partial charge on any atom is -0.493 e. The largest absolute Gasteiger partial charge is 0.493 e. The molecule has 4 rings (SSSR count). The van der Waals surface area contributed by atoms with E-state index >= 15 is 0 Å². The summed E-state index contributed by atoms with van der Waals surface area (Å²) in [5.41, 5.74) is 5.16. The average molecular weight is 475 g/mol. The lowest BCUT2D eigenvalue weighted by Crippen LogP contribution is -2.32. The number of carbonyl (C=O) groups is 2. The smallest absolute Gasteiger partial charge is 0.255 e. The predicted molar refractivity (Wildman–Crippen MR) is 134 cm³/mol. The van der Waals surface area contributed by atoms with Crippen LogP contribution in [0.25, 0.3) is 0 Å². The molecule has 182 valence electrons. The first-order chi connectivity index (χ1) is 16.8. The van der Waals surface area contributed by atoms with Crippen LogP contribution in [0.1, 0.15) is 45.1 Å². The summed E-state index contributed by atoms with van der Waals surface area (Å²) in [6.45, 7) is 4.39. The van der Waals surface area contributed by atoms with Crippen molar-refractivity contribution in [2.24, 2.45) is 0 Å². The lowest BCUT2D eigenvalue weighted by atomic mass is 10.00. The molecule has 0 spiro atoms. The molecule has 0 unspecified atom stereocenters. The molecule has 0 fully saturated rings. The number of hydrogen-bond acceptors (Lipinski definition) is 5. The summed E-state index contributed by atoms with van der Waals surface area (Å²) < 4.78 is 16.5. The van der Waals surface area contributed by atoms with Crippen molar-refractivity contribution in [2.45, 2.75) is 32.9 Å². The molecule has 0 saturated carbocycles. The normalized spacial score (nSPS) is 13.3. The Hall–Kier alpha value is -4.00. The van der Waals surface area contributed by atoms with Crippen LogP contribution in [0.3, 0.4) is 0 Å². The van der Waals surface area contributed by atoms with E-state index in [-0.39, 0.29) is 18.2 Å². The van der Waals surface area contributed by atoms with Crippen molar-refractivity contribution in [3.05, 3.63) is 82.4 Å². The number of anilines is 1. The summed E-state index contributed by atoms with van der Waals surface area (Å²) in [7, 11) is 4.62. The minimum absolute atomic E-state index is 0.0609. The quantitative estimate of drug-likeness (QED) is 0.494.